The fourth-order valence-electron chi connectivity index (χ4n) is 2.54. The summed E-state index contributed by atoms with van der Waals surface area (Å²) < 4.78 is 11.2. The third-order valence-corrected chi connectivity index (χ3v) is 3.96. The maximum Gasteiger partial charge on any atom is 0.251 e. The Kier molecular flexibility index (Phi) is 5.88. The van der Waals surface area contributed by atoms with Crippen LogP contribution in [0.1, 0.15) is 21.5 Å². The van der Waals surface area contributed by atoms with Crippen LogP contribution in [-0.2, 0) is 13.2 Å². The van der Waals surface area contributed by atoms with Crippen molar-refractivity contribution in [3.63, 3.8) is 0 Å². The molecule has 0 bridgehead atoms. The molecule has 0 saturated heterocycles. The Morgan fingerprint density at radius 1 is 0.846 bits per heavy atom. The summed E-state index contributed by atoms with van der Waals surface area (Å²) in [5.41, 5.74) is 2.65. The van der Waals surface area contributed by atoms with Gasteiger partial charge in [-0.05, 0) is 29.3 Å². The highest BCUT2D eigenvalue weighted by Gasteiger charge is 2.11. The predicted octanol–water partition coefficient (Wildman–Crippen LogP) is 4.20. The number of rotatable bonds is 7. The van der Waals surface area contributed by atoms with Gasteiger partial charge in [-0.2, -0.15) is 0 Å². The zero-order valence-electron chi connectivity index (χ0n) is 14.6. The average Bonchev–Trinajstić information content (AvgIpc) is 2.72. The first kappa shape index (κ1) is 17.5. The fourth-order valence-corrected chi connectivity index (χ4v) is 2.54. The van der Waals surface area contributed by atoms with Crippen LogP contribution in [0.25, 0.3) is 0 Å². The Bertz CT molecular complexity index is 848. The second-order valence-electron chi connectivity index (χ2n) is 5.81. The zero-order valence-corrected chi connectivity index (χ0v) is 14.6. The molecule has 0 aliphatic rings. The van der Waals surface area contributed by atoms with Crippen molar-refractivity contribution in [2.24, 2.45) is 0 Å². The van der Waals surface area contributed by atoms with Gasteiger partial charge in [-0.15, -0.1) is 0 Å². The number of methoxy groups -OCH3 is 1. The Morgan fingerprint density at radius 3 is 2.15 bits per heavy atom. The lowest BCUT2D eigenvalue weighted by molar-refractivity contribution is 0.0950. The molecule has 4 heteroatoms. The van der Waals surface area contributed by atoms with Crippen LogP contribution >= 0.6 is 0 Å². The van der Waals surface area contributed by atoms with Crippen molar-refractivity contribution in [2.45, 2.75) is 13.2 Å². The van der Waals surface area contributed by atoms with Crippen molar-refractivity contribution in [3.05, 3.63) is 95.6 Å². The molecule has 0 aliphatic carbocycles. The Hall–Kier alpha value is -3.27. The number of nitrogens with one attached hydrogen (secondary N) is 1. The van der Waals surface area contributed by atoms with E-state index in [2.05, 4.69) is 5.32 Å². The van der Waals surface area contributed by atoms with E-state index in [9.17, 15) is 4.79 Å². The van der Waals surface area contributed by atoms with E-state index in [0.29, 0.717) is 30.2 Å². The predicted molar refractivity (Wildman–Crippen MR) is 101 cm³/mol. The minimum atomic E-state index is -0.151. The summed E-state index contributed by atoms with van der Waals surface area (Å²) >= 11 is 0. The van der Waals surface area contributed by atoms with E-state index < -0.39 is 0 Å². The second kappa shape index (κ2) is 8.72. The monoisotopic (exact) mass is 347 g/mol. The first-order valence-corrected chi connectivity index (χ1v) is 8.43. The molecule has 1 N–H and O–H groups in total. The van der Waals surface area contributed by atoms with Crippen LogP contribution in [0.2, 0.25) is 0 Å². The van der Waals surface area contributed by atoms with Crippen molar-refractivity contribution >= 4 is 5.91 Å². The molecule has 0 aromatic heterocycles. The molecule has 0 heterocycles. The molecule has 0 radical (unpaired) electrons. The second-order valence-corrected chi connectivity index (χ2v) is 5.81. The summed E-state index contributed by atoms with van der Waals surface area (Å²) in [6.07, 6.45) is 0. The normalized spacial score (nSPS) is 10.2. The highest BCUT2D eigenvalue weighted by Crippen LogP contribution is 2.28. The topological polar surface area (TPSA) is 47.6 Å². The van der Waals surface area contributed by atoms with Crippen molar-refractivity contribution < 1.29 is 14.3 Å². The molecule has 1 amide bonds. The molecule has 0 fully saturated rings. The summed E-state index contributed by atoms with van der Waals surface area (Å²) in [5, 5.41) is 2.91. The molecule has 0 spiro atoms. The number of carbonyl (C=O) groups excluding carboxylic acids is 1. The van der Waals surface area contributed by atoms with Gasteiger partial charge >= 0.3 is 0 Å². The summed E-state index contributed by atoms with van der Waals surface area (Å²) in [6, 6.07) is 24.9. The van der Waals surface area contributed by atoms with E-state index >= 15 is 0 Å². The molecular weight excluding hydrogens is 326 g/mol. The number of carbonyl (C=O) groups is 1. The molecule has 3 aromatic rings. The zero-order chi connectivity index (χ0) is 18.2. The van der Waals surface area contributed by atoms with Gasteiger partial charge < -0.3 is 14.8 Å². The third-order valence-electron chi connectivity index (χ3n) is 3.96. The van der Waals surface area contributed by atoms with Gasteiger partial charge in [0.05, 0.1) is 7.11 Å². The molecule has 0 atom stereocenters. The minimum absolute atomic E-state index is 0.151. The number of benzene rings is 3. The van der Waals surface area contributed by atoms with Gasteiger partial charge in [0, 0.05) is 12.1 Å². The summed E-state index contributed by atoms with van der Waals surface area (Å²) in [7, 11) is 1.57. The highest BCUT2D eigenvalue weighted by atomic mass is 16.5. The van der Waals surface area contributed by atoms with E-state index in [4.69, 9.17) is 9.47 Å². The maximum atomic E-state index is 12.4. The Labute approximate surface area is 153 Å². The van der Waals surface area contributed by atoms with Gasteiger partial charge in [-0.1, -0.05) is 60.7 Å². The molecule has 0 saturated carbocycles. The van der Waals surface area contributed by atoms with E-state index in [1.54, 1.807) is 25.3 Å². The maximum absolute atomic E-state index is 12.4. The Balaban J connectivity index is 1.64. The van der Waals surface area contributed by atoms with Crippen LogP contribution in [0, 0.1) is 0 Å². The van der Waals surface area contributed by atoms with Crippen LogP contribution in [0.4, 0.5) is 0 Å². The largest absolute Gasteiger partial charge is 0.493 e. The van der Waals surface area contributed by atoms with Crippen LogP contribution in [0.5, 0.6) is 11.5 Å². The van der Waals surface area contributed by atoms with Crippen molar-refractivity contribution in [3.8, 4) is 11.5 Å². The number of amides is 1. The fraction of sp³-hybridized carbons (Fsp3) is 0.136. The molecule has 4 nitrogen and oxygen atoms in total. The molecule has 132 valence electrons. The highest BCUT2D eigenvalue weighted by molar-refractivity contribution is 5.94. The molecule has 26 heavy (non-hydrogen) atoms. The molecule has 0 unspecified atom stereocenters. The summed E-state index contributed by atoms with van der Waals surface area (Å²) in [4.78, 5) is 12.4. The molecule has 3 rings (SSSR count). The van der Waals surface area contributed by atoms with Gasteiger partial charge in [0.15, 0.2) is 11.5 Å². The number of ether oxygens (including phenoxy) is 2. The lowest BCUT2D eigenvalue weighted by atomic mass is 10.1. The van der Waals surface area contributed by atoms with E-state index in [1.165, 1.54) is 0 Å². The third kappa shape index (κ3) is 4.63. The molecular formula is C22H21NO3. The van der Waals surface area contributed by atoms with Crippen molar-refractivity contribution in [1.29, 1.82) is 0 Å². The SMILES string of the molecule is COc1cc(C(=O)NCc2ccccc2)ccc1OCc1ccccc1. The Morgan fingerprint density at radius 2 is 1.50 bits per heavy atom. The van der Waals surface area contributed by atoms with E-state index in [0.717, 1.165) is 11.1 Å². The van der Waals surface area contributed by atoms with Crippen molar-refractivity contribution in [2.75, 3.05) is 7.11 Å². The van der Waals surface area contributed by atoms with Gasteiger partial charge in [-0.3, -0.25) is 4.79 Å². The summed E-state index contributed by atoms with van der Waals surface area (Å²) in [5.74, 6) is 0.992. The van der Waals surface area contributed by atoms with Crippen LogP contribution in [0.3, 0.4) is 0 Å². The number of hydrogen-bond acceptors (Lipinski definition) is 3. The van der Waals surface area contributed by atoms with Gasteiger partial charge in [0.1, 0.15) is 6.61 Å². The van der Waals surface area contributed by atoms with E-state index in [-0.39, 0.29) is 5.91 Å². The van der Waals surface area contributed by atoms with Crippen LogP contribution in [0.15, 0.2) is 78.9 Å². The van der Waals surface area contributed by atoms with Crippen LogP contribution < -0.4 is 14.8 Å². The standard InChI is InChI=1S/C22H21NO3/c1-25-21-14-19(22(24)23-15-17-8-4-2-5-9-17)12-13-20(21)26-16-18-10-6-3-7-11-18/h2-14H,15-16H2,1H3,(H,23,24). The van der Waals surface area contributed by atoms with Crippen molar-refractivity contribution in [1.82, 2.24) is 5.32 Å². The minimum Gasteiger partial charge on any atom is -0.493 e. The van der Waals surface area contributed by atoms with E-state index in [1.807, 2.05) is 60.7 Å². The van der Waals surface area contributed by atoms with Gasteiger partial charge in [-0.25, -0.2) is 0 Å². The molecule has 0 aliphatic heterocycles. The lowest BCUT2D eigenvalue weighted by Gasteiger charge is -2.12. The summed E-state index contributed by atoms with van der Waals surface area (Å²) in [6.45, 7) is 0.922. The first-order valence-electron chi connectivity index (χ1n) is 8.43. The lowest BCUT2D eigenvalue weighted by Crippen LogP contribution is -2.22. The average molecular weight is 347 g/mol. The van der Waals surface area contributed by atoms with Gasteiger partial charge in [0.25, 0.3) is 5.91 Å². The first-order chi connectivity index (χ1) is 12.8. The molecule has 3 aromatic carbocycles. The number of hydrogen-bond donors (Lipinski definition) is 1. The smallest absolute Gasteiger partial charge is 0.251 e. The van der Waals surface area contributed by atoms with Crippen LogP contribution in [-0.4, -0.2) is 13.0 Å². The quantitative estimate of drug-likeness (QED) is 0.697. The van der Waals surface area contributed by atoms with Gasteiger partial charge in [0.2, 0.25) is 0 Å².